The summed E-state index contributed by atoms with van der Waals surface area (Å²) in [5.41, 5.74) is -2.08. The molecule has 1 aromatic carbocycles. The van der Waals surface area contributed by atoms with Gasteiger partial charge in [-0.3, -0.25) is 4.79 Å². The van der Waals surface area contributed by atoms with Gasteiger partial charge in [0.15, 0.2) is 0 Å². The topological polar surface area (TPSA) is 29.1 Å². The van der Waals surface area contributed by atoms with Gasteiger partial charge < -0.3 is 5.32 Å². The third-order valence-electron chi connectivity index (χ3n) is 2.84. The van der Waals surface area contributed by atoms with Gasteiger partial charge in [0.05, 0.1) is 10.6 Å². The minimum absolute atomic E-state index is 0.000285. The Bertz CT molecular complexity index is 500. The first-order valence-electron chi connectivity index (χ1n) is 5.13. The molecule has 0 atom stereocenters. The van der Waals surface area contributed by atoms with Crippen LogP contribution in [0.5, 0.6) is 0 Å². The molecule has 1 N–H and O–H groups in total. The van der Waals surface area contributed by atoms with Crippen molar-refractivity contribution in [2.75, 3.05) is 0 Å². The van der Waals surface area contributed by atoms with Crippen molar-refractivity contribution in [3.8, 4) is 0 Å². The zero-order chi connectivity index (χ0) is 13.6. The molecule has 0 unspecified atom stereocenters. The summed E-state index contributed by atoms with van der Waals surface area (Å²) >= 11 is 9.80. The number of benzene rings is 1. The number of halogens is 4. The predicted octanol–water partition coefficient (Wildman–Crippen LogP) is 3.45. The van der Waals surface area contributed by atoms with Crippen LogP contribution in [0.3, 0.4) is 0 Å². The number of rotatable bonds is 2. The molecule has 7 heteroatoms. The van der Waals surface area contributed by atoms with E-state index < -0.39 is 17.6 Å². The normalized spacial score (nSPS) is 17.4. The molecule has 1 aromatic rings. The predicted molar refractivity (Wildman–Crippen MR) is 64.2 cm³/mol. The highest BCUT2D eigenvalue weighted by molar-refractivity contribution is 7.80. The second-order valence-electron chi connectivity index (χ2n) is 4.20. The van der Waals surface area contributed by atoms with Gasteiger partial charge in [-0.1, -0.05) is 11.6 Å². The van der Waals surface area contributed by atoms with Gasteiger partial charge in [0.1, 0.15) is 5.54 Å². The number of carbonyl (C=O) groups excluding carboxylic acids is 1. The molecule has 1 fully saturated rings. The Morgan fingerprint density at radius 3 is 2.50 bits per heavy atom. The molecule has 0 spiro atoms. The molecule has 2 rings (SSSR count). The maximum absolute atomic E-state index is 12.7. The monoisotopic (exact) mass is 295 g/mol. The van der Waals surface area contributed by atoms with Gasteiger partial charge in [-0.15, -0.1) is 12.6 Å². The Morgan fingerprint density at radius 2 is 2.00 bits per heavy atom. The van der Waals surface area contributed by atoms with Crippen molar-refractivity contribution in [1.29, 1.82) is 0 Å². The van der Waals surface area contributed by atoms with E-state index in [9.17, 15) is 18.0 Å². The lowest BCUT2D eigenvalue weighted by molar-refractivity contribution is -0.163. The first kappa shape index (κ1) is 13.5. The highest BCUT2D eigenvalue weighted by atomic mass is 35.5. The first-order chi connectivity index (χ1) is 8.25. The number of carbonyl (C=O) groups is 1. The highest BCUT2D eigenvalue weighted by Crippen LogP contribution is 2.49. The number of alkyl halides is 3. The van der Waals surface area contributed by atoms with Crippen LogP contribution in [0.25, 0.3) is 0 Å². The minimum atomic E-state index is -4.44. The number of thiol groups is 1. The second kappa shape index (κ2) is 4.35. The van der Waals surface area contributed by atoms with E-state index in [1.54, 1.807) is 6.07 Å². The van der Waals surface area contributed by atoms with Gasteiger partial charge in [-0.25, -0.2) is 0 Å². The maximum atomic E-state index is 12.7. The van der Waals surface area contributed by atoms with Crippen LogP contribution in [-0.4, -0.2) is 17.6 Å². The quantitative estimate of drug-likeness (QED) is 0.804. The van der Waals surface area contributed by atoms with Crippen LogP contribution in [0.2, 0.25) is 5.02 Å². The molecule has 2 nitrogen and oxygen atoms in total. The highest BCUT2D eigenvalue weighted by Gasteiger charge is 2.64. The Balaban J connectivity index is 2.21. The van der Waals surface area contributed by atoms with E-state index in [4.69, 9.17) is 11.6 Å². The second-order valence-corrected chi connectivity index (χ2v) is 5.12. The number of hydrogen-bond donors (Lipinski definition) is 2. The molecule has 0 radical (unpaired) electrons. The Kier molecular flexibility index (Phi) is 3.27. The molecule has 18 heavy (non-hydrogen) atoms. The van der Waals surface area contributed by atoms with Crippen molar-refractivity contribution in [3.63, 3.8) is 0 Å². The molecule has 1 amide bonds. The number of nitrogens with one attached hydrogen (secondary N) is 1. The summed E-state index contributed by atoms with van der Waals surface area (Å²) in [6, 6.07) is 4.32. The molecule has 0 heterocycles. The lowest BCUT2D eigenvalue weighted by Gasteiger charge is -2.21. The third kappa shape index (κ3) is 2.44. The van der Waals surface area contributed by atoms with Gasteiger partial charge in [0.25, 0.3) is 5.91 Å². The summed E-state index contributed by atoms with van der Waals surface area (Å²) in [7, 11) is 0. The lowest BCUT2D eigenvalue weighted by atomic mass is 10.1. The molecule has 0 bridgehead atoms. The fourth-order valence-electron chi connectivity index (χ4n) is 1.58. The van der Waals surface area contributed by atoms with E-state index in [2.05, 4.69) is 12.6 Å². The van der Waals surface area contributed by atoms with Gasteiger partial charge >= 0.3 is 6.18 Å². The van der Waals surface area contributed by atoms with Crippen molar-refractivity contribution >= 4 is 30.1 Å². The molecule has 1 aliphatic carbocycles. The molecule has 0 aliphatic heterocycles. The van der Waals surface area contributed by atoms with E-state index in [0.717, 1.165) is 0 Å². The molecular weight excluding hydrogens is 287 g/mol. The van der Waals surface area contributed by atoms with E-state index in [0.29, 0.717) is 4.90 Å². The smallest absolute Gasteiger partial charge is 0.338 e. The molecule has 0 saturated heterocycles. The molecular formula is C11H9ClF3NOS. The summed E-state index contributed by atoms with van der Waals surface area (Å²) in [5.74, 6) is -0.828. The number of amides is 1. The number of hydrogen-bond acceptors (Lipinski definition) is 2. The van der Waals surface area contributed by atoms with Crippen LogP contribution in [-0.2, 0) is 0 Å². The maximum Gasteiger partial charge on any atom is 0.411 e. The fraction of sp³-hybridized carbons (Fsp3) is 0.364. The van der Waals surface area contributed by atoms with E-state index >= 15 is 0 Å². The Labute approximate surface area is 112 Å². The van der Waals surface area contributed by atoms with Crippen LogP contribution in [0.15, 0.2) is 23.1 Å². The SMILES string of the molecule is O=C(NC1(C(F)(F)F)CC1)c1cc(S)ccc1Cl. The Hall–Kier alpha value is -0.880. The Morgan fingerprint density at radius 1 is 1.39 bits per heavy atom. The molecule has 1 saturated carbocycles. The fourth-order valence-corrected chi connectivity index (χ4v) is 1.98. The van der Waals surface area contributed by atoms with Crippen molar-refractivity contribution in [2.45, 2.75) is 29.5 Å². The summed E-state index contributed by atoms with van der Waals surface area (Å²) in [4.78, 5) is 12.3. The van der Waals surface area contributed by atoms with Crippen LogP contribution in [0, 0.1) is 0 Å². The zero-order valence-corrected chi connectivity index (χ0v) is 10.7. The van der Waals surface area contributed by atoms with E-state index in [-0.39, 0.29) is 23.4 Å². The summed E-state index contributed by atoms with van der Waals surface area (Å²) in [6.45, 7) is 0. The average Bonchev–Trinajstić information content (AvgIpc) is 3.01. The van der Waals surface area contributed by atoms with Crippen LogP contribution in [0.4, 0.5) is 13.2 Å². The van der Waals surface area contributed by atoms with Crippen LogP contribution < -0.4 is 5.32 Å². The van der Waals surface area contributed by atoms with E-state index in [1.807, 2.05) is 5.32 Å². The lowest BCUT2D eigenvalue weighted by Crippen LogP contribution is -2.47. The average molecular weight is 296 g/mol. The third-order valence-corrected chi connectivity index (χ3v) is 3.45. The van der Waals surface area contributed by atoms with Crippen molar-refractivity contribution < 1.29 is 18.0 Å². The summed E-state index contributed by atoms with van der Waals surface area (Å²) in [6.07, 6.45) is -4.63. The zero-order valence-electron chi connectivity index (χ0n) is 9.01. The standard InChI is InChI=1S/C11H9ClF3NOS/c12-8-2-1-6(18)5-7(8)9(17)16-10(3-4-10)11(13,14)15/h1-2,5,18H,3-4H2,(H,16,17). The minimum Gasteiger partial charge on any atom is -0.338 e. The first-order valence-corrected chi connectivity index (χ1v) is 5.95. The van der Waals surface area contributed by atoms with Gasteiger partial charge in [-0.2, -0.15) is 13.2 Å². The largest absolute Gasteiger partial charge is 0.411 e. The van der Waals surface area contributed by atoms with Crippen molar-refractivity contribution in [3.05, 3.63) is 28.8 Å². The van der Waals surface area contributed by atoms with Gasteiger partial charge in [-0.05, 0) is 31.0 Å². The van der Waals surface area contributed by atoms with Gasteiger partial charge in [0, 0.05) is 4.90 Å². The van der Waals surface area contributed by atoms with Crippen LogP contribution >= 0.6 is 24.2 Å². The van der Waals surface area contributed by atoms with Crippen LogP contribution in [0.1, 0.15) is 23.2 Å². The summed E-state index contributed by atoms with van der Waals surface area (Å²) in [5, 5.41) is 2.11. The molecule has 0 aromatic heterocycles. The van der Waals surface area contributed by atoms with E-state index in [1.165, 1.54) is 12.1 Å². The molecule has 1 aliphatic rings. The van der Waals surface area contributed by atoms with Gasteiger partial charge in [0.2, 0.25) is 0 Å². The molecule has 98 valence electrons. The van der Waals surface area contributed by atoms with Crippen molar-refractivity contribution in [2.24, 2.45) is 0 Å². The summed E-state index contributed by atoms with van der Waals surface area (Å²) < 4.78 is 38.1. The van der Waals surface area contributed by atoms with Crippen molar-refractivity contribution in [1.82, 2.24) is 5.32 Å².